The fourth-order valence-electron chi connectivity index (χ4n) is 2.31. The Labute approximate surface area is 130 Å². The molecule has 0 spiro atoms. The lowest BCUT2D eigenvalue weighted by atomic mass is 10.0. The molecule has 0 aliphatic carbocycles. The molecule has 3 N–H and O–H groups in total. The first-order chi connectivity index (χ1) is 10.6. The molecule has 1 aromatic carbocycles. The van der Waals surface area contributed by atoms with Crippen LogP contribution < -0.4 is 11.1 Å². The van der Waals surface area contributed by atoms with E-state index in [1.807, 2.05) is 32.0 Å². The third-order valence-electron chi connectivity index (χ3n) is 3.60. The van der Waals surface area contributed by atoms with Crippen molar-refractivity contribution >= 4 is 18.7 Å². The van der Waals surface area contributed by atoms with Gasteiger partial charge in [-0.2, -0.15) is 0 Å². The van der Waals surface area contributed by atoms with Gasteiger partial charge in [0.05, 0.1) is 0 Å². The second-order valence-corrected chi connectivity index (χ2v) is 5.17. The van der Waals surface area contributed by atoms with Gasteiger partial charge in [-0.15, -0.1) is 0 Å². The molecule has 6 nitrogen and oxygen atoms in total. The Morgan fingerprint density at radius 2 is 2.14 bits per heavy atom. The van der Waals surface area contributed by atoms with Crippen molar-refractivity contribution in [1.29, 1.82) is 0 Å². The zero-order valence-electron chi connectivity index (χ0n) is 13.0. The largest absolute Gasteiger partial charge is 0.329 e. The monoisotopic (exact) mass is 305 g/mol. The molecule has 0 fully saturated rings. The summed E-state index contributed by atoms with van der Waals surface area (Å²) < 4.78 is 0. The molecule has 0 saturated heterocycles. The van der Waals surface area contributed by atoms with Gasteiger partial charge >= 0.3 is 0 Å². The van der Waals surface area contributed by atoms with E-state index in [0.717, 1.165) is 23.1 Å². The van der Waals surface area contributed by atoms with Gasteiger partial charge in [0.2, 0.25) is 18.7 Å². The van der Waals surface area contributed by atoms with Crippen molar-refractivity contribution < 1.29 is 14.4 Å². The van der Waals surface area contributed by atoms with Crippen molar-refractivity contribution in [3.05, 3.63) is 34.9 Å². The molecule has 1 rings (SSSR count). The highest BCUT2D eigenvalue weighted by atomic mass is 16.2. The summed E-state index contributed by atoms with van der Waals surface area (Å²) in [5.74, 6) is -0.461. The maximum absolute atomic E-state index is 12.0. The maximum Gasteiger partial charge on any atom is 0.249 e. The molecule has 3 amide bonds. The summed E-state index contributed by atoms with van der Waals surface area (Å²) in [5, 5.41) is 2.13. The van der Waals surface area contributed by atoms with Crippen LogP contribution in [0.1, 0.15) is 36.5 Å². The van der Waals surface area contributed by atoms with Crippen LogP contribution in [0.4, 0.5) is 0 Å². The number of aryl methyl sites for hydroxylation is 1. The van der Waals surface area contributed by atoms with Crippen molar-refractivity contribution in [2.75, 3.05) is 0 Å². The van der Waals surface area contributed by atoms with E-state index in [9.17, 15) is 14.4 Å². The normalized spacial score (nSPS) is 11.6. The molecule has 0 heterocycles. The Balaban J connectivity index is 3.00. The smallest absolute Gasteiger partial charge is 0.249 e. The van der Waals surface area contributed by atoms with E-state index < -0.39 is 11.9 Å². The highest BCUT2D eigenvalue weighted by Crippen LogP contribution is 2.16. The fourth-order valence-corrected chi connectivity index (χ4v) is 2.31. The van der Waals surface area contributed by atoms with E-state index in [1.54, 1.807) is 0 Å². The number of nitrogens with zero attached hydrogens (tertiary/aromatic N) is 1. The molecule has 0 aliphatic heterocycles. The molecule has 0 aliphatic rings. The summed E-state index contributed by atoms with van der Waals surface area (Å²) >= 11 is 0. The van der Waals surface area contributed by atoms with E-state index in [-0.39, 0.29) is 0 Å². The third-order valence-corrected chi connectivity index (χ3v) is 3.60. The molecule has 0 saturated carbocycles. The Morgan fingerprint density at radius 1 is 1.41 bits per heavy atom. The van der Waals surface area contributed by atoms with E-state index in [2.05, 4.69) is 5.32 Å². The van der Waals surface area contributed by atoms with Crippen LogP contribution in [0, 0.1) is 6.92 Å². The number of rotatable bonds is 9. The van der Waals surface area contributed by atoms with Gasteiger partial charge < -0.3 is 10.6 Å². The van der Waals surface area contributed by atoms with Crippen LogP contribution in [0.25, 0.3) is 0 Å². The molecule has 1 atom stereocenters. The van der Waals surface area contributed by atoms with Crippen LogP contribution in [0.5, 0.6) is 0 Å². The topological polar surface area (TPSA) is 92.5 Å². The Morgan fingerprint density at radius 3 is 2.68 bits per heavy atom. The molecule has 120 valence electrons. The van der Waals surface area contributed by atoms with Crippen LogP contribution in [0.2, 0.25) is 0 Å². The van der Waals surface area contributed by atoms with Crippen molar-refractivity contribution in [3.63, 3.8) is 0 Å². The highest BCUT2D eigenvalue weighted by Gasteiger charge is 2.24. The second kappa shape index (κ2) is 8.94. The van der Waals surface area contributed by atoms with Crippen molar-refractivity contribution in [3.8, 4) is 0 Å². The van der Waals surface area contributed by atoms with Crippen LogP contribution in [0.15, 0.2) is 18.2 Å². The lowest BCUT2D eigenvalue weighted by molar-refractivity contribution is -0.135. The van der Waals surface area contributed by atoms with Crippen LogP contribution in [-0.2, 0) is 27.5 Å². The quantitative estimate of drug-likeness (QED) is 0.662. The molecule has 1 aromatic rings. The second-order valence-electron chi connectivity index (χ2n) is 5.17. The zero-order valence-corrected chi connectivity index (χ0v) is 13.0. The molecule has 0 aromatic heterocycles. The summed E-state index contributed by atoms with van der Waals surface area (Å²) in [6.45, 7) is 4.59. The molecule has 1 unspecified atom stereocenters. The Bertz CT molecular complexity index is 531. The first-order valence-corrected chi connectivity index (χ1v) is 7.30. The summed E-state index contributed by atoms with van der Waals surface area (Å²) in [7, 11) is 0. The highest BCUT2D eigenvalue weighted by molar-refractivity contribution is 5.91. The molecule has 0 bridgehead atoms. The van der Waals surface area contributed by atoms with Gasteiger partial charge in [0.15, 0.2) is 0 Å². The van der Waals surface area contributed by atoms with E-state index in [1.165, 1.54) is 4.90 Å². The predicted molar refractivity (Wildman–Crippen MR) is 83.6 cm³/mol. The number of amides is 3. The average molecular weight is 305 g/mol. The first-order valence-electron chi connectivity index (χ1n) is 7.30. The van der Waals surface area contributed by atoms with Gasteiger partial charge in [-0.25, -0.2) is 0 Å². The van der Waals surface area contributed by atoms with Crippen LogP contribution in [-0.4, -0.2) is 29.7 Å². The summed E-state index contributed by atoms with van der Waals surface area (Å²) in [4.78, 5) is 35.3. The van der Waals surface area contributed by atoms with Gasteiger partial charge in [-0.05, 0) is 30.0 Å². The SMILES string of the molecule is CCCC(C(=O)NC=O)N(C=O)Cc1cc(CN)ccc1C. The maximum atomic E-state index is 12.0. The van der Waals surface area contributed by atoms with Gasteiger partial charge in [-0.3, -0.25) is 19.7 Å². The molecular formula is C16H23N3O3. The minimum Gasteiger partial charge on any atom is -0.329 e. The number of hydrogen-bond acceptors (Lipinski definition) is 4. The summed E-state index contributed by atoms with van der Waals surface area (Å²) in [5.41, 5.74) is 8.57. The lowest BCUT2D eigenvalue weighted by Crippen LogP contribution is -2.45. The Kier molecular flexibility index (Phi) is 7.25. The number of carbonyl (C=O) groups excluding carboxylic acids is 3. The number of nitrogens with one attached hydrogen (secondary N) is 1. The molecule has 22 heavy (non-hydrogen) atoms. The minimum absolute atomic E-state index is 0.306. The predicted octanol–water partition coefficient (Wildman–Crippen LogP) is 0.853. The average Bonchev–Trinajstić information content (AvgIpc) is 2.52. The van der Waals surface area contributed by atoms with E-state index >= 15 is 0 Å². The van der Waals surface area contributed by atoms with Gasteiger partial charge in [-0.1, -0.05) is 31.5 Å². The standard InChI is InChI=1S/C16H23N3O3/c1-3-4-15(16(22)18-10-20)19(11-21)9-14-7-13(8-17)6-5-12(14)2/h5-7,10-11,15H,3-4,8-9,17H2,1-2H3,(H,18,20,22). The van der Waals surface area contributed by atoms with E-state index in [4.69, 9.17) is 5.73 Å². The van der Waals surface area contributed by atoms with Gasteiger partial charge in [0.1, 0.15) is 6.04 Å². The van der Waals surface area contributed by atoms with Crippen molar-refractivity contribution in [2.24, 2.45) is 5.73 Å². The van der Waals surface area contributed by atoms with Crippen molar-refractivity contribution in [1.82, 2.24) is 10.2 Å². The van der Waals surface area contributed by atoms with Crippen molar-refractivity contribution in [2.45, 2.75) is 45.8 Å². The van der Waals surface area contributed by atoms with Crippen LogP contribution in [0.3, 0.4) is 0 Å². The molecule has 6 heteroatoms. The first kappa shape index (κ1) is 17.8. The third kappa shape index (κ3) is 4.66. The number of hydrogen-bond donors (Lipinski definition) is 2. The zero-order chi connectivity index (χ0) is 16.5. The van der Waals surface area contributed by atoms with Crippen LogP contribution >= 0.6 is 0 Å². The van der Waals surface area contributed by atoms with E-state index in [0.29, 0.717) is 32.3 Å². The molecule has 0 radical (unpaired) electrons. The summed E-state index contributed by atoms with van der Waals surface area (Å²) in [6.07, 6.45) is 2.21. The minimum atomic E-state index is -0.659. The van der Waals surface area contributed by atoms with Gasteiger partial charge in [0, 0.05) is 13.1 Å². The lowest BCUT2D eigenvalue weighted by Gasteiger charge is -2.27. The fraction of sp³-hybridized carbons (Fsp3) is 0.438. The number of nitrogens with two attached hydrogens (primary N) is 1. The summed E-state index contributed by atoms with van der Waals surface area (Å²) in [6, 6.07) is 5.16. The number of benzene rings is 1. The number of carbonyl (C=O) groups is 3. The van der Waals surface area contributed by atoms with Gasteiger partial charge in [0.25, 0.3) is 0 Å². The Hall–Kier alpha value is -2.21. The molecular weight excluding hydrogens is 282 g/mol. The number of imide groups is 1.